The van der Waals surface area contributed by atoms with E-state index >= 15 is 0 Å². The Hall–Kier alpha value is -1.49. The van der Waals surface area contributed by atoms with Gasteiger partial charge in [-0.05, 0) is 11.3 Å². The Bertz CT molecular complexity index is 793. The zero-order chi connectivity index (χ0) is 17.7. The fraction of sp³-hybridized carbons (Fsp3) is 0.357. The summed E-state index contributed by atoms with van der Waals surface area (Å²) in [4.78, 5) is 12.7. The Morgan fingerprint density at radius 1 is 1.33 bits per heavy atom. The maximum Gasteiger partial charge on any atom is 0.249 e. The van der Waals surface area contributed by atoms with Gasteiger partial charge in [0.1, 0.15) is 6.04 Å². The minimum atomic E-state index is -3.56. The van der Waals surface area contributed by atoms with Crippen molar-refractivity contribution in [1.29, 1.82) is 0 Å². The zero-order valence-corrected chi connectivity index (χ0v) is 15.9. The number of hydrogen-bond acceptors (Lipinski definition) is 7. The van der Waals surface area contributed by atoms with Crippen molar-refractivity contribution in [2.75, 3.05) is 24.4 Å². The monoisotopic (exact) mass is 386 g/mol. The number of carbonyl (C=O) groups excluding carboxylic acids is 1. The van der Waals surface area contributed by atoms with Crippen LogP contribution in [-0.2, 0) is 14.8 Å². The first kappa shape index (κ1) is 18.8. The standard InChI is InChI=1S/C14H18N4O3S3/c1-4-22-14-17-16-13(23-14)15-12(19)11(18(2)24(3,20)21)10-8-6-5-7-9-10/h5-9,11H,4H2,1-3H3,(H,15,16,19)/t11-/m0/s1. The molecule has 1 heterocycles. The van der Waals surface area contributed by atoms with E-state index in [0.29, 0.717) is 10.7 Å². The lowest BCUT2D eigenvalue weighted by Gasteiger charge is -2.25. The van der Waals surface area contributed by atoms with E-state index in [-0.39, 0.29) is 0 Å². The maximum atomic E-state index is 12.7. The van der Waals surface area contributed by atoms with E-state index in [4.69, 9.17) is 0 Å². The van der Waals surface area contributed by atoms with Crippen molar-refractivity contribution < 1.29 is 13.2 Å². The van der Waals surface area contributed by atoms with Gasteiger partial charge in [-0.25, -0.2) is 8.42 Å². The van der Waals surface area contributed by atoms with Crippen LogP contribution in [0.5, 0.6) is 0 Å². The van der Waals surface area contributed by atoms with Crippen LogP contribution in [0.15, 0.2) is 34.7 Å². The summed E-state index contributed by atoms with van der Waals surface area (Å²) >= 11 is 2.78. The van der Waals surface area contributed by atoms with Crippen LogP contribution in [0.2, 0.25) is 0 Å². The maximum absolute atomic E-state index is 12.7. The average molecular weight is 387 g/mol. The number of aromatic nitrogens is 2. The van der Waals surface area contributed by atoms with Crippen molar-refractivity contribution >= 4 is 44.2 Å². The first-order valence-corrected chi connectivity index (χ1v) is 10.7. The molecule has 0 radical (unpaired) electrons. The summed E-state index contributed by atoms with van der Waals surface area (Å²) in [6.07, 6.45) is 1.07. The predicted molar refractivity (Wildman–Crippen MR) is 96.7 cm³/mol. The molecular weight excluding hydrogens is 368 g/mol. The third-order valence-corrected chi connectivity index (χ3v) is 6.27. The van der Waals surface area contributed by atoms with Crippen LogP contribution < -0.4 is 5.32 Å². The molecule has 1 aromatic carbocycles. The number of rotatable bonds is 7. The normalized spacial score (nSPS) is 13.0. The molecule has 0 fully saturated rings. The number of likely N-dealkylation sites (N-methyl/N-ethyl adjacent to an activating group) is 1. The summed E-state index contributed by atoms with van der Waals surface area (Å²) in [5, 5.41) is 10.9. The van der Waals surface area contributed by atoms with Crippen molar-refractivity contribution in [1.82, 2.24) is 14.5 Å². The number of hydrogen-bond donors (Lipinski definition) is 1. The third kappa shape index (κ3) is 4.76. The van der Waals surface area contributed by atoms with Gasteiger partial charge in [0.2, 0.25) is 21.1 Å². The molecule has 130 valence electrons. The fourth-order valence-corrected chi connectivity index (χ4v) is 4.22. The molecule has 10 heteroatoms. The van der Waals surface area contributed by atoms with Crippen LogP contribution in [0.25, 0.3) is 0 Å². The van der Waals surface area contributed by atoms with Crippen molar-refractivity contribution in [2.24, 2.45) is 0 Å². The minimum absolute atomic E-state index is 0.346. The highest BCUT2D eigenvalue weighted by Crippen LogP contribution is 2.27. The zero-order valence-electron chi connectivity index (χ0n) is 13.5. The number of anilines is 1. The van der Waals surface area contributed by atoms with Crippen LogP contribution in [0.3, 0.4) is 0 Å². The molecule has 1 aromatic heterocycles. The lowest BCUT2D eigenvalue weighted by Crippen LogP contribution is -2.38. The molecule has 2 aromatic rings. The Morgan fingerprint density at radius 3 is 2.58 bits per heavy atom. The summed E-state index contributed by atoms with van der Waals surface area (Å²) in [6.45, 7) is 2.00. The third-order valence-electron chi connectivity index (χ3n) is 3.15. The number of benzene rings is 1. The molecule has 0 aliphatic carbocycles. The molecule has 0 unspecified atom stereocenters. The topological polar surface area (TPSA) is 92.3 Å². The lowest BCUT2D eigenvalue weighted by molar-refractivity contribution is -0.119. The number of thioether (sulfide) groups is 1. The van der Waals surface area contributed by atoms with Crippen LogP contribution in [0.1, 0.15) is 18.5 Å². The van der Waals surface area contributed by atoms with Crippen LogP contribution >= 0.6 is 23.1 Å². The van der Waals surface area contributed by atoms with Gasteiger partial charge in [-0.1, -0.05) is 60.4 Å². The second-order valence-electron chi connectivity index (χ2n) is 4.89. The summed E-state index contributed by atoms with van der Waals surface area (Å²) in [5.74, 6) is 0.379. The summed E-state index contributed by atoms with van der Waals surface area (Å²) < 4.78 is 25.6. The SMILES string of the molecule is CCSc1nnc(NC(=O)[C@H](c2ccccc2)N(C)S(C)(=O)=O)s1. The highest BCUT2D eigenvalue weighted by Gasteiger charge is 2.31. The molecule has 1 N–H and O–H groups in total. The molecule has 0 aliphatic rings. The second-order valence-corrected chi connectivity index (χ2v) is 9.42. The van der Waals surface area contributed by atoms with Gasteiger partial charge in [0.25, 0.3) is 0 Å². The number of sulfonamides is 1. The lowest BCUT2D eigenvalue weighted by atomic mass is 10.1. The first-order chi connectivity index (χ1) is 11.3. The largest absolute Gasteiger partial charge is 0.299 e. The van der Waals surface area contributed by atoms with Gasteiger partial charge in [-0.15, -0.1) is 10.2 Å². The molecule has 7 nitrogen and oxygen atoms in total. The number of carbonyl (C=O) groups is 1. The van der Waals surface area contributed by atoms with Crippen molar-refractivity contribution in [3.63, 3.8) is 0 Å². The highest BCUT2D eigenvalue weighted by molar-refractivity contribution is 8.01. The Balaban J connectivity index is 2.27. The van der Waals surface area contributed by atoms with Gasteiger partial charge >= 0.3 is 0 Å². The average Bonchev–Trinajstić information content (AvgIpc) is 2.95. The van der Waals surface area contributed by atoms with Crippen LogP contribution in [0.4, 0.5) is 5.13 Å². The number of nitrogens with one attached hydrogen (secondary N) is 1. The molecule has 0 aliphatic heterocycles. The quantitative estimate of drug-likeness (QED) is 0.579. The Kier molecular flexibility index (Phi) is 6.33. The molecule has 1 atom stereocenters. The smallest absolute Gasteiger partial charge is 0.249 e. The molecule has 24 heavy (non-hydrogen) atoms. The molecule has 0 bridgehead atoms. The number of amides is 1. The van der Waals surface area contributed by atoms with E-state index < -0.39 is 22.0 Å². The molecule has 0 saturated heterocycles. The van der Waals surface area contributed by atoms with Gasteiger partial charge in [-0.3, -0.25) is 10.1 Å². The van der Waals surface area contributed by atoms with E-state index in [2.05, 4.69) is 15.5 Å². The Morgan fingerprint density at radius 2 is 2.00 bits per heavy atom. The molecule has 1 amide bonds. The molecule has 0 saturated carbocycles. The van der Waals surface area contributed by atoms with Crippen molar-refractivity contribution in [3.05, 3.63) is 35.9 Å². The van der Waals surface area contributed by atoms with Crippen LogP contribution in [0, 0.1) is 0 Å². The van der Waals surface area contributed by atoms with E-state index in [0.717, 1.165) is 20.7 Å². The summed E-state index contributed by atoms with van der Waals surface area (Å²) in [6, 6.07) is 7.76. The summed E-state index contributed by atoms with van der Waals surface area (Å²) in [5.41, 5.74) is 0.579. The summed E-state index contributed by atoms with van der Waals surface area (Å²) in [7, 11) is -2.18. The fourth-order valence-electron chi connectivity index (χ4n) is 1.97. The molecule has 0 spiro atoms. The van der Waals surface area contributed by atoms with E-state index in [1.165, 1.54) is 30.1 Å². The van der Waals surface area contributed by atoms with Crippen molar-refractivity contribution in [2.45, 2.75) is 17.3 Å². The molecule has 2 rings (SSSR count). The van der Waals surface area contributed by atoms with Gasteiger partial charge in [0.15, 0.2) is 4.34 Å². The minimum Gasteiger partial charge on any atom is -0.299 e. The van der Waals surface area contributed by atoms with Gasteiger partial charge in [0, 0.05) is 7.05 Å². The van der Waals surface area contributed by atoms with Crippen molar-refractivity contribution in [3.8, 4) is 0 Å². The van der Waals surface area contributed by atoms with Gasteiger partial charge in [-0.2, -0.15) is 4.31 Å². The van der Waals surface area contributed by atoms with Gasteiger partial charge < -0.3 is 0 Å². The first-order valence-electron chi connectivity index (χ1n) is 7.08. The highest BCUT2D eigenvalue weighted by atomic mass is 32.2. The van der Waals surface area contributed by atoms with E-state index in [1.807, 2.05) is 6.92 Å². The van der Waals surface area contributed by atoms with E-state index in [9.17, 15) is 13.2 Å². The van der Waals surface area contributed by atoms with Crippen LogP contribution in [-0.4, -0.2) is 47.9 Å². The Labute approximate surface area is 149 Å². The molecular formula is C14H18N4O3S3. The second kappa shape index (κ2) is 8.06. The number of nitrogens with zero attached hydrogens (tertiary/aromatic N) is 3. The van der Waals surface area contributed by atoms with E-state index in [1.54, 1.807) is 30.3 Å². The predicted octanol–water partition coefficient (Wildman–Crippen LogP) is 2.22. The van der Waals surface area contributed by atoms with Gasteiger partial charge in [0.05, 0.1) is 6.26 Å².